The zero-order valence-electron chi connectivity index (χ0n) is 13.0. The first-order valence-electron chi connectivity index (χ1n) is 7.34. The Morgan fingerprint density at radius 1 is 1.28 bits per heavy atom. The number of pyridine rings is 1. The van der Waals surface area contributed by atoms with Gasteiger partial charge in [0, 0.05) is 34.4 Å². The number of thiazole rings is 2. The van der Waals surface area contributed by atoms with Crippen LogP contribution in [0.4, 0.5) is 0 Å². The van der Waals surface area contributed by atoms with Gasteiger partial charge in [0.05, 0.1) is 16.4 Å². The second-order valence-corrected chi connectivity index (χ2v) is 7.69. The average Bonchev–Trinajstić information content (AvgIpc) is 3.24. The highest BCUT2D eigenvalue weighted by Gasteiger charge is 2.14. The maximum atomic E-state index is 12.8. The van der Waals surface area contributed by atoms with Gasteiger partial charge in [-0.15, -0.1) is 22.7 Å². The molecule has 0 aromatic carbocycles. The number of aromatic nitrogens is 4. The Balaban J connectivity index is 1.83. The van der Waals surface area contributed by atoms with Crippen LogP contribution in [0.5, 0.6) is 0 Å². The molecule has 0 radical (unpaired) electrons. The standard InChI is InChI=1S/C17H11ClN4OS2/c1-10-20-8-12(25-10)4-5-13-15(18)16(23)22-14(9-24-17(22)21-13)11-3-2-6-19-7-11/h2-9H,1H3. The minimum atomic E-state index is -0.285. The van der Waals surface area contributed by atoms with E-state index in [0.29, 0.717) is 10.7 Å². The van der Waals surface area contributed by atoms with E-state index in [4.69, 9.17) is 11.6 Å². The zero-order chi connectivity index (χ0) is 17.4. The summed E-state index contributed by atoms with van der Waals surface area (Å²) in [4.78, 5) is 27.2. The highest BCUT2D eigenvalue weighted by atomic mass is 35.5. The summed E-state index contributed by atoms with van der Waals surface area (Å²) in [6.45, 7) is 1.94. The number of rotatable bonds is 3. The van der Waals surface area contributed by atoms with Gasteiger partial charge in [-0.1, -0.05) is 11.6 Å². The van der Waals surface area contributed by atoms with E-state index in [1.807, 2.05) is 30.5 Å². The van der Waals surface area contributed by atoms with Crippen molar-refractivity contribution < 1.29 is 0 Å². The molecule has 0 aliphatic heterocycles. The number of nitrogens with zero attached hydrogens (tertiary/aromatic N) is 4. The van der Waals surface area contributed by atoms with Crippen LogP contribution in [0, 0.1) is 6.92 Å². The summed E-state index contributed by atoms with van der Waals surface area (Å²) >= 11 is 9.25. The predicted octanol–water partition coefficient (Wildman–Crippen LogP) is 4.41. The molecule has 8 heteroatoms. The molecule has 0 atom stereocenters. The lowest BCUT2D eigenvalue weighted by atomic mass is 10.2. The third-order valence-corrected chi connectivity index (χ3v) is 5.60. The van der Waals surface area contributed by atoms with E-state index >= 15 is 0 Å². The Bertz CT molecular complexity index is 1140. The van der Waals surface area contributed by atoms with Gasteiger partial charge >= 0.3 is 0 Å². The molecular formula is C17H11ClN4OS2. The topological polar surface area (TPSA) is 60.1 Å². The zero-order valence-corrected chi connectivity index (χ0v) is 15.4. The molecule has 0 fully saturated rings. The van der Waals surface area contributed by atoms with Gasteiger partial charge in [-0.25, -0.2) is 14.4 Å². The molecule has 0 saturated carbocycles. The summed E-state index contributed by atoms with van der Waals surface area (Å²) in [5, 5.41) is 2.96. The fourth-order valence-corrected chi connectivity index (χ4v) is 4.16. The molecule has 0 aliphatic rings. The number of hydrogen-bond acceptors (Lipinski definition) is 6. The molecule has 4 rings (SSSR count). The van der Waals surface area contributed by atoms with Crippen LogP contribution < -0.4 is 5.56 Å². The fraction of sp³-hybridized carbons (Fsp3) is 0.0588. The van der Waals surface area contributed by atoms with Crippen LogP contribution in [0.25, 0.3) is 28.4 Å². The van der Waals surface area contributed by atoms with Crippen molar-refractivity contribution in [1.82, 2.24) is 19.4 Å². The van der Waals surface area contributed by atoms with Crippen molar-refractivity contribution in [2.24, 2.45) is 0 Å². The molecule has 0 saturated heterocycles. The predicted molar refractivity (Wildman–Crippen MR) is 103 cm³/mol. The van der Waals surface area contributed by atoms with Crippen LogP contribution in [0.3, 0.4) is 0 Å². The fourth-order valence-electron chi connectivity index (χ4n) is 2.39. The van der Waals surface area contributed by atoms with Crippen molar-refractivity contribution in [2.45, 2.75) is 6.92 Å². The van der Waals surface area contributed by atoms with Gasteiger partial charge in [0.15, 0.2) is 4.96 Å². The first kappa shape index (κ1) is 16.1. The SMILES string of the molecule is Cc1ncc(C=Cc2nc3scc(-c4cccnc4)n3c(=O)c2Cl)s1. The van der Waals surface area contributed by atoms with Crippen LogP contribution in [0.1, 0.15) is 15.6 Å². The molecule has 0 N–H and O–H groups in total. The maximum absolute atomic E-state index is 12.8. The van der Waals surface area contributed by atoms with E-state index < -0.39 is 0 Å². The third-order valence-electron chi connectivity index (χ3n) is 3.54. The third kappa shape index (κ3) is 3.02. The molecule has 0 aliphatic carbocycles. The van der Waals surface area contributed by atoms with Crippen molar-refractivity contribution in [3.8, 4) is 11.3 Å². The first-order chi connectivity index (χ1) is 12.1. The van der Waals surface area contributed by atoms with Crippen molar-refractivity contribution in [1.29, 1.82) is 0 Å². The summed E-state index contributed by atoms with van der Waals surface area (Å²) in [5.74, 6) is 0. The Morgan fingerprint density at radius 3 is 2.88 bits per heavy atom. The summed E-state index contributed by atoms with van der Waals surface area (Å²) in [6.07, 6.45) is 8.80. The molecule has 0 bridgehead atoms. The monoisotopic (exact) mass is 386 g/mol. The van der Waals surface area contributed by atoms with Crippen molar-refractivity contribution in [2.75, 3.05) is 0 Å². The second-order valence-electron chi connectivity index (χ2n) is 5.21. The lowest BCUT2D eigenvalue weighted by molar-refractivity contribution is 1.07. The quantitative estimate of drug-likeness (QED) is 0.523. The Morgan fingerprint density at radius 2 is 2.16 bits per heavy atom. The molecule has 4 aromatic heterocycles. The van der Waals surface area contributed by atoms with E-state index in [2.05, 4.69) is 15.0 Å². The summed E-state index contributed by atoms with van der Waals surface area (Å²) in [5.41, 5.74) is 1.75. The average molecular weight is 387 g/mol. The van der Waals surface area contributed by atoms with Crippen LogP contribution in [0.2, 0.25) is 5.02 Å². The van der Waals surface area contributed by atoms with Crippen LogP contribution >= 0.6 is 34.3 Å². The number of hydrogen-bond donors (Lipinski definition) is 0. The highest BCUT2D eigenvalue weighted by Crippen LogP contribution is 2.25. The molecule has 5 nitrogen and oxygen atoms in total. The second kappa shape index (κ2) is 6.51. The lowest BCUT2D eigenvalue weighted by Gasteiger charge is -2.03. The molecule has 0 amide bonds. The molecule has 4 heterocycles. The Labute approximate surface area is 155 Å². The molecular weight excluding hydrogens is 376 g/mol. The van der Waals surface area contributed by atoms with Gasteiger partial charge in [-0.3, -0.25) is 9.78 Å². The molecule has 25 heavy (non-hydrogen) atoms. The minimum Gasteiger partial charge on any atom is -0.267 e. The number of fused-ring (bicyclic) bond motifs is 1. The molecule has 0 unspecified atom stereocenters. The van der Waals surface area contributed by atoms with E-state index in [1.54, 1.807) is 36.0 Å². The van der Waals surface area contributed by atoms with Gasteiger partial charge in [-0.05, 0) is 31.2 Å². The summed E-state index contributed by atoms with van der Waals surface area (Å²) < 4.78 is 1.53. The largest absolute Gasteiger partial charge is 0.278 e. The van der Waals surface area contributed by atoms with Gasteiger partial charge in [0.1, 0.15) is 5.02 Å². The van der Waals surface area contributed by atoms with Gasteiger partial charge in [-0.2, -0.15) is 0 Å². The van der Waals surface area contributed by atoms with E-state index in [9.17, 15) is 4.79 Å². The highest BCUT2D eigenvalue weighted by molar-refractivity contribution is 7.15. The van der Waals surface area contributed by atoms with Crippen LogP contribution in [0.15, 0.2) is 40.9 Å². The van der Waals surface area contributed by atoms with Crippen LogP contribution in [-0.2, 0) is 0 Å². The van der Waals surface area contributed by atoms with E-state index in [1.165, 1.54) is 15.7 Å². The van der Waals surface area contributed by atoms with Gasteiger partial charge in [0.2, 0.25) is 0 Å². The first-order valence-corrected chi connectivity index (χ1v) is 9.41. The normalized spacial score (nSPS) is 11.6. The number of aryl methyl sites for hydroxylation is 1. The smallest absolute Gasteiger partial charge is 0.267 e. The van der Waals surface area contributed by atoms with Crippen molar-refractivity contribution in [3.63, 3.8) is 0 Å². The van der Waals surface area contributed by atoms with Crippen molar-refractivity contribution >= 4 is 51.4 Å². The Kier molecular flexibility index (Phi) is 4.20. The van der Waals surface area contributed by atoms with E-state index in [-0.39, 0.29) is 10.6 Å². The summed E-state index contributed by atoms with van der Waals surface area (Å²) in [6, 6.07) is 3.72. The molecule has 4 aromatic rings. The van der Waals surface area contributed by atoms with Gasteiger partial charge < -0.3 is 0 Å². The Hall–Kier alpha value is -2.35. The number of halogens is 1. The van der Waals surface area contributed by atoms with E-state index in [0.717, 1.165) is 21.1 Å². The minimum absolute atomic E-state index is 0.0959. The maximum Gasteiger partial charge on any atom is 0.278 e. The van der Waals surface area contributed by atoms with Crippen molar-refractivity contribution in [3.05, 3.63) is 67.1 Å². The van der Waals surface area contributed by atoms with Crippen LogP contribution in [-0.4, -0.2) is 19.4 Å². The van der Waals surface area contributed by atoms with Gasteiger partial charge in [0.25, 0.3) is 5.56 Å². The summed E-state index contributed by atoms with van der Waals surface area (Å²) in [7, 11) is 0. The lowest BCUT2D eigenvalue weighted by Crippen LogP contribution is -2.16. The molecule has 124 valence electrons. The molecule has 0 spiro atoms.